The summed E-state index contributed by atoms with van der Waals surface area (Å²) < 4.78 is 4.81. The van der Waals surface area contributed by atoms with E-state index in [0.29, 0.717) is 11.3 Å². The molecule has 1 rings (SSSR count). The van der Waals surface area contributed by atoms with Crippen LogP contribution in [0.3, 0.4) is 0 Å². The van der Waals surface area contributed by atoms with Gasteiger partial charge in [0.1, 0.15) is 6.04 Å². The van der Waals surface area contributed by atoms with Gasteiger partial charge in [0.2, 0.25) is 5.91 Å². The molecule has 0 radical (unpaired) electrons. The number of methoxy groups -OCH3 is 1. The molecule has 2 amide bonds. The number of rotatable bonds is 6. The lowest BCUT2D eigenvalue weighted by molar-refractivity contribution is -0.118. The molecule has 0 aliphatic carbocycles. The summed E-state index contributed by atoms with van der Waals surface area (Å²) in [6.07, 6.45) is 0. The highest BCUT2D eigenvalue weighted by molar-refractivity contribution is 5.97. The second-order valence-electron chi connectivity index (χ2n) is 4.76. The molecule has 0 bridgehead atoms. The van der Waals surface area contributed by atoms with Gasteiger partial charge in [0.25, 0.3) is 5.91 Å². The smallest absolute Gasteiger partial charge is 0.251 e. The third-order valence-corrected chi connectivity index (χ3v) is 2.52. The van der Waals surface area contributed by atoms with Crippen molar-refractivity contribution in [2.75, 3.05) is 19.0 Å². The van der Waals surface area contributed by atoms with E-state index in [1.54, 1.807) is 24.3 Å². The number of amides is 2. The number of hydrogen-bond acceptors (Lipinski definition) is 4. The molecule has 0 fully saturated rings. The first-order chi connectivity index (χ1) is 9.43. The Morgan fingerprint density at radius 3 is 2.35 bits per heavy atom. The molecule has 6 heteroatoms. The van der Waals surface area contributed by atoms with Crippen LogP contribution >= 0.6 is 0 Å². The van der Waals surface area contributed by atoms with Crippen molar-refractivity contribution < 1.29 is 14.3 Å². The summed E-state index contributed by atoms with van der Waals surface area (Å²) in [6, 6.07) is 5.97. The third-order valence-electron chi connectivity index (χ3n) is 2.52. The molecule has 0 spiro atoms. The van der Waals surface area contributed by atoms with Gasteiger partial charge in [0.15, 0.2) is 0 Å². The second-order valence-corrected chi connectivity index (χ2v) is 4.76. The number of carbonyl (C=O) groups excluding carboxylic acids is 2. The zero-order valence-electron chi connectivity index (χ0n) is 12.0. The lowest BCUT2D eigenvalue weighted by atomic mass is 10.1. The number of carbonyl (C=O) groups is 2. The van der Waals surface area contributed by atoms with Crippen LogP contribution in [-0.2, 0) is 9.53 Å². The normalized spacial score (nSPS) is 12.1. The van der Waals surface area contributed by atoms with Gasteiger partial charge >= 0.3 is 0 Å². The number of nitrogens with two attached hydrogens (primary N) is 1. The zero-order chi connectivity index (χ0) is 15.1. The molecule has 0 aromatic heterocycles. The Bertz CT molecular complexity index is 457. The molecule has 0 heterocycles. The average molecular weight is 279 g/mol. The van der Waals surface area contributed by atoms with Crippen molar-refractivity contribution in [3.63, 3.8) is 0 Å². The Morgan fingerprint density at radius 2 is 1.85 bits per heavy atom. The van der Waals surface area contributed by atoms with Crippen LogP contribution in [0.1, 0.15) is 24.2 Å². The van der Waals surface area contributed by atoms with Crippen molar-refractivity contribution >= 4 is 17.5 Å². The van der Waals surface area contributed by atoms with Gasteiger partial charge in [-0.1, -0.05) is 0 Å². The molecule has 20 heavy (non-hydrogen) atoms. The van der Waals surface area contributed by atoms with Crippen LogP contribution in [0.15, 0.2) is 24.3 Å². The average Bonchev–Trinajstić information content (AvgIpc) is 2.39. The highest BCUT2D eigenvalue weighted by atomic mass is 16.5. The van der Waals surface area contributed by atoms with E-state index in [1.807, 2.05) is 13.8 Å². The van der Waals surface area contributed by atoms with Crippen molar-refractivity contribution in [1.82, 2.24) is 5.32 Å². The number of anilines is 1. The van der Waals surface area contributed by atoms with Crippen LogP contribution in [0.5, 0.6) is 0 Å². The minimum atomic E-state index is -0.719. The van der Waals surface area contributed by atoms with Gasteiger partial charge < -0.3 is 21.1 Å². The highest BCUT2D eigenvalue weighted by Crippen LogP contribution is 2.10. The van der Waals surface area contributed by atoms with E-state index < -0.39 is 6.04 Å². The van der Waals surface area contributed by atoms with Gasteiger partial charge in [-0.3, -0.25) is 9.59 Å². The minimum absolute atomic E-state index is 0.0777. The topological polar surface area (TPSA) is 93.4 Å². The van der Waals surface area contributed by atoms with Crippen LogP contribution in [0, 0.1) is 0 Å². The van der Waals surface area contributed by atoms with E-state index >= 15 is 0 Å². The first-order valence-electron chi connectivity index (χ1n) is 6.40. The molecular formula is C14H21N3O3. The number of nitrogens with one attached hydrogen (secondary N) is 2. The Morgan fingerprint density at radius 1 is 1.25 bits per heavy atom. The predicted molar refractivity (Wildman–Crippen MR) is 77.5 cm³/mol. The quantitative estimate of drug-likeness (QED) is 0.716. The number of ether oxygens (including phenoxy) is 1. The van der Waals surface area contributed by atoms with Gasteiger partial charge in [-0.25, -0.2) is 0 Å². The molecule has 110 valence electrons. The SMILES string of the molecule is COCC(N)C(=O)Nc1ccc(C(=O)NC(C)C)cc1. The maximum atomic E-state index is 11.7. The van der Waals surface area contributed by atoms with E-state index in [-0.39, 0.29) is 24.5 Å². The molecule has 4 N–H and O–H groups in total. The summed E-state index contributed by atoms with van der Waals surface area (Å²) >= 11 is 0. The summed E-state index contributed by atoms with van der Waals surface area (Å²) in [5, 5.41) is 5.45. The van der Waals surface area contributed by atoms with Gasteiger partial charge in [-0.15, -0.1) is 0 Å². The van der Waals surface area contributed by atoms with Crippen LogP contribution < -0.4 is 16.4 Å². The summed E-state index contributed by atoms with van der Waals surface area (Å²) in [4.78, 5) is 23.4. The van der Waals surface area contributed by atoms with E-state index in [4.69, 9.17) is 10.5 Å². The Balaban J connectivity index is 2.63. The predicted octanol–water partition coefficient (Wildman–Crippen LogP) is 0.737. The standard InChI is InChI=1S/C14H21N3O3/c1-9(2)16-13(18)10-4-6-11(7-5-10)17-14(19)12(15)8-20-3/h4-7,9,12H,8,15H2,1-3H3,(H,16,18)(H,17,19). The largest absolute Gasteiger partial charge is 0.383 e. The number of benzene rings is 1. The fourth-order valence-electron chi connectivity index (χ4n) is 1.54. The maximum absolute atomic E-state index is 11.7. The second kappa shape index (κ2) is 7.62. The zero-order valence-corrected chi connectivity index (χ0v) is 12.0. The Labute approximate surface area is 118 Å². The van der Waals surface area contributed by atoms with Crippen molar-refractivity contribution in [2.24, 2.45) is 5.73 Å². The van der Waals surface area contributed by atoms with Crippen LogP contribution in [0.25, 0.3) is 0 Å². The molecule has 1 aromatic rings. The lowest BCUT2D eigenvalue weighted by Crippen LogP contribution is -2.39. The first-order valence-corrected chi connectivity index (χ1v) is 6.40. The van der Waals surface area contributed by atoms with Gasteiger partial charge in [0.05, 0.1) is 6.61 Å². The first kappa shape index (κ1) is 16.1. The molecule has 0 aliphatic heterocycles. The van der Waals surface area contributed by atoms with Gasteiger partial charge in [-0.05, 0) is 38.1 Å². The van der Waals surface area contributed by atoms with Crippen molar-refractivity contribution in [3.8, 4) is 0 Å². The molecular weight excluding hydrogens is 258 g/mol. The molecule has 0 saturated carbocycles. The molecule has 0 aliphatic rings. The summed E-state index contributed by atoms with van der Waals surface area (Å²) in [5.74, 6) is -0.472. The van der Waals surface area contributed by atoms with E-state index in [2.05, 4.69) is 10.6 Å². The monoisotopic (exact) mass is 279 g/mol. The summed E-state index contributed by atoms with van der Waals surface area (Å²) in [6.45, 7) is 3.94. The molecule has 0 saturated heterocycles. The molecule has 1 atom stereocenters. The molecule has 1 unspecified atom stereocenters. The van der Waals surface area contributed by atoms with Crippen LogP contribution in [0.2, 0.25) is 0 Å². The van der Waals surface area contributed by atoms with E-state index in [9.17, 15) is 9.59 Å². The maximum Gasteiger partial charge on any atom is 0.251 e. The number of hydrogen-bond donors (Lipinski definition) is 3. The fourth-order valence-corrected chi connectivity index (χ4v) is 1.54. The Hall–Kier alpha value is -1.92. The van der Waals surface area contributed by atoms with Gasteiger partial charge in [0, 0.05) is 24.4 Å². The Kier molecular flexibility index (Phi) is 6.14. The third kappa shape index (κ3) is 4.99. The lowest BCUT2D eigenvalue weighted by Gasteiger charge is -2.12. The summed E-state index contributed by atoms with van der Waals surface area (Å²) in [5.41, 5.74) is 6.73. The summed E-state index contributed by atoms with van der Waals surface area (Å²) in [7, 11) is 1.48. The van der Waals surface area contributed by atoms with E-state index in [0.717, 1.165) is 0 Å². The minimum Gasteiger partial charge on any atom is -0.383 e. The van der Waals surface area contributed by atoms with Crippen molar-refractivity contribution in [2.45, 2.75) is 25.9 Å². The molecule has 1 aromatic carbocycles. The van der Waals surface area contributed by atoms with Crippen molar-refractivity contribution in [3.05, 3.63) is 29.8 Å². The van der Waals surface area contributed by atoms with E-state index in [1.165, 1.54) is 7.11 Å². The van der Waals surface area contributed by atoms with Crippen LogP contribution in [-0.4, -0.2) is 37.6 Å². The highest BCUT2D eigenvalue weighted by Gasteiger charge is 2.13. The van der Waals surface area contributed by atoms with Gasteiger partial charge in [-0.2, -0.15) is 0 Å². The van der Waals surface area contributed by atoms with Crippen molar-refractivity contribution in [1.29, 1.82) is 0 Å². The molecule has 6 nitrogen and oxygen atoms in total. The fraction of sp³-hybridized carbons (Fsp3) is 0.429. The van der Waals surface area contributed by atoms with Crippen LogP contribution in [0.4, 0.5) is 5.69 Å².